The Bertz CT molecular complexity index is 218. The molecule has 0 heterocycles. The third kappa shape index (κ3) is 6.03. The van der Waals surface area contributed by atoms with Gasteiger partial charge in [-0.1, -0.05) is 0 Å². The van der Waals surface area contributed by atoms with Gasteiger partial charge in [0.05, 0.1) is 12.5 Å². The van der Waals surface area contributed by atoms with Gasteiger partial charge in [-0.15, -0.1) is 0 Å². The number of ether oxygens (including phenoxy) is 1. The zero-order valence-corrected chi connectivity index (χ0v) is 8.43. The van der Waals surface area contributed by atoms with Crippen LogP contribution in [0.5, 0.6) is 0 Å². The van der Waals surface area contributed by atoms with Crippen molar-refractivity contribution in [3.05, 3.63) is 0 Å². The number of nitrogens with two attached hydrogens (primary N) is 1. The second-order valence-corrected chi connectivity index (χ2v) is 2.73. The van der Waals surface area contributed by atoms with E-state index in [1.807, 2.05) is 0 Å². The molecule has 0 radical (unpaired) electrons. The number of hydrogen-bond acceptors (Lipinski definition) is 4. The molecule has 0 bridgehead atoms. The second-order valence-electron chi connectivity index (χ2n) is 2.29. The van der Waals surface area contributed by atoms with E-state index >= 15 is 0 Å². The Labute approximate surface area is 82.3 Å². The third-order valence-electron chi connectivity index (χ3n) is 1.13. The van der Waals surface area contributed by atoms with Gasteiger partial charge in [0.2, 0.25) is 0 Å². The van der Waals surface area contributed by atoms with Gasteiger partial charge in [0.15, 0.2) is 5.11 Å². The van der Waals surface area contributed by atoms with Gasteiger partial charge >= 0.3 is 5.97 Å². The molecule has 3 N–H and O–H groups in total. The van der Waals surface area contributed by atoms with Crippen LogP contribution < -0.4 is 11.2 Å². The molecule has 1 unspecified atom stereocenters. The lowest BCUT2D eigenvalue weighted by atomic mass is 10.2. The molecule has 0 saturated carbocycles. The molecule has 74 valence electrons. The highest BCUT2D eigenvalue weighted by Gasteiger charge is 2.10. The SMILES string of the molecule is CCOC(=O)C(C)C=NNC(N)=S. The Morgan fingerprint density at radius 2 is 2.46 bits per heavy atom. The van der Waals surface area contributed by atoms with Crippen LogP contribution in [0.15, 0.2) is 5.10 Å². The van der Waals surface area contributed by atoms with E-state index in [0.29, 0.717) is 6.61 Å². The van der Waals surface area contributed by atoms with Crippen molar-refractivity contribution in [3.8, 4) is 0 Å². The van der Waals surface area contributed by atoms with E-state index in [0.717, 1.165) is 0 Å². The van der Waals surface area contributed by atoms with Crippen molar-refractivity contribution in [2.45, 2.75) is 13.8 Å². The first kappa shape index (κ1) is 11.8. The minimum atomic E-state index is -0.401. The molecule has 0 amide bonds. The number of carbonyl (C=O) groups excluding carboxylic acids is 1. The number of carbonyl (C=O) groups is 1. The molecule has 0 aliphatic heterocycles. The molecule has 0 fully saturated rings. The van der Waals surface area contributed by atoms with E-state index in [1.54, 1.807) is 13.8 Å². The number of hydrazone groups is 1. The lowest BCUT2D eigenvalue weighted by molar-refractivity contribution is -0.144. The van der Waals surface area contributed by atoms with E-state index in [2.05, 4.69) is 22.7 Å². The molecule has 1 atom stereocenters. The van der Waals surface area contributed by atoms with Gasteiger partial charge < -0.3 is 10.5 Å². The van der Waals surface area contributed by atoms with Crippen LogP contribution in [0.3, 0.4) is 0 Å². The van der Waals surface area contributed by atoms with E-state index in [1.165, 1.54) is 6.21 Å². The van der Waals surface area contributed by atoms with Gasteiger partial charge in [-0.25, -0.2) is 0 Å². The van der Waals surface area contributed by atoms with Gasteiger partial charge in [0.1, 0.15) is 0 Å². The lowest BCUT2D eigenvalue weighted by Gasteiger charge is -2.04. The predicted molar refractivity (Wildman–Crippen MR) is 54.2 cm³/mol. The van der Waals surface area contributed by atoms with Gasteiger partial charge in [0, 0.05) is 6.21 Å². The topological polar surface area (TPSA) is 76.7 Å². The van der Waals surface area contributed by atoms with Crippen molar-refractivity contribution in [2.75, 3.05) is 6.61 Å². The maximum absolute atomic E-state index is 11.0. The smallest absolute Gasteiger partial charge is 0.314 e. The van der Waals surface area contributed by atoms with Gasteiger partial charge in [-0.2, -0.15) is 5.10 Å². The summed E-state index contributed by atoms with van der Waals surface area (Å²) in [7, 11) is 0. The van der Waals surface area contributed by atoms with Gasteiger partial charge in [-0.05, 0) is 26.1 Å². The predicted octanol–water partition coefficient (Wildman–Crippen LogP) is 0.00460. The van der Waals surface area contributed by atoms with E-state index in [4.69, 9.17) is 10.5 Å². The molecule has 0 saturated heterocycles. The summed E-state index contributed by atoms with van der Waals surface area (Å²) in [5.41, 5.74) is 7.45. The number of rotatable bonds is 4. The normalized spacial score (nSPS) is 12.5. The van der Waals surface area contributed by atoms with Crippen LogP contribution in [0.25, 0.3) is 0 Å². The maximum atomic E-state index is 11.0. The first-order chi connectivity index (χ1) is 6.07. The Hall–Kier alpha value is -1.17. The molecular formula is C7H13N3O2S. The number of esters is 1. The number of nitrogens with one attached hydrogen (secondary N) is 1. The van der Waals surface area contributed by atoms with Gasteiger partial charge in [-0.3, -0.25) is 10.2 Å². The van der Waals surface area contributed by atoms with Crippen molar-refractivity contribution < 1.29 is 9.53 Å². The molecule has 6 heteroatoms. The molecule has 0 aromatic heterocycles. The van der Waals surface area contributed by atoms with Gasteiger partial charge in [0.25, 0.3) is 0 Å². The van der Waals surface area contributed by atoms with E-state index in [-0.39, 0.29) is 11.1 Å². The Kier molecular flexibility index (Phi) is 5.79. The minimum Gasteiger partial charge on any atom is -0.466 e. The zero-order valence-electron chi connectivity index (χ0n) is 7.61. The highest BCUT2D eigenvalue weighted by atomic mass is 32.1. The third-order valence-corrected chi connectivity index (χ3v) is 1.22. The Morgan fingerprint density at radius 1 is 1.85 bits per heavy atom. The molecule has 0 aliphatic carbocycles. The summed E-state index contributed by atoms with van der Waals surface area (Å²) in [5, 5.41) is 3.69. The van der Waals surface area contributed by atoms with Crippen LogP contribution in [0.4, 0.5) is 0 Å². The summed E-state index contributed by atoms with van der Waals surface area (Å²) in [6.07, 6.45) is 1.39. The summed E-state index contributed by atoms with van der Waals surface area (Å²) in [5.74, 6) is -0.724. The van der Waals surface area contributed by atoms with Crippen molar-refractivity contribution in [3.63, 3.8) is 0 Å². The molecule has 5 nitrogen and oxygen atoms in total. The summed E-state index contributed by atoms with van der Waals surface area (Å²) in [4.78, 5) is 11.0. The van der Waals surface area contributed by atoms with Crippen molar-refractivity contribution in [1.29, 1.82) is 0 Å². The van der Waals surface area contributed by atoms with Crippen LogP contribution in [-0.2, 0) is 9.53 Å². The van der Waals surface area contributed by atoms with E-state index < -0.39 is 5.92 Å². The molecule has 0 aromatic carbocycles. The average Bonchev–Trinajstić information content (AvgIpc) is 2.04. The summed E-state index contributed by atoms with van der Waals surface area (Å²) in [6, 6.07) is 0. The Balaban J connectivity index is 3.84. The fourth-order valence-corrected chi connectivity index (χ4v) is 0.600. The fraction of sp³-hybridized carbons (Fsp3) is 0.571. The van der Waals surface area contributed by atoms with Crippen LogP contribution in [0.2, 0.25) is 0 Å². The Morgan fingerprint density at radius 3 is 2.92 bits per heavy atom. The van der Waals surface area contributed by atoms with Crippen LogP contribution in [-0.4, -0.2) is 23.9 Å². The highest BCUT2D eigenvalue weighted by molar-refractivity contribution is 7.80. The number of hydrogen-bond donors (Lipinski definition) is 2. The van der Waals surface area contributed by atoms with E-state index in [9.17, 15) is 4.79 Å². The molecule has 0 rings (SSSR count). The number of nitrogens with zero attached hydrogens (tertiary/aromatic N) is 1. The molecular weight excluding hydrogens is 190 g/mol. The standard InChI is InChI=1S/C7H13N3O2S/c1-3-12-6(11)5(2)4-9-10-7(8)13/h4-5H,3H2,1-2H3,(H3,8,10,13). The van der Waals surface area contributed by atoms with Crippen LogP contribution in [0, 0.1) is 5.92 Å². The zero-order chi connectivity index (χ0) is 10.3. The number of thiocarbonyl (C=S) groups is 1. The van der Waals surface area contributed by atoms with Crippen molar-refractivity contribution in [2.24, 2.45) is 16.8 Å². The summed E-state index contributed by atoms with van der Waals surface area (Å²) >= 11 is 4.50. The summed E-state index contributed by atoms with van der Waals surface area (Å²) < 4.78 is 4.74. The van der Waals surface area contributed by atoms with Crippen LogP contribution in [0.1, 0.15) is 13.8 Å². The minimum absolute atomic E-state index is 0.0623. The lowest BCUT2D eigenvalue weighted by Crippen LogP contribution is -2.25. The van der Waals surface area contributed by atoms with Crippen molar-refractivity contribution in [1.82, 2.24) is 5.43 Å². The monoisotopic (exact) mass is 203 g/mol. The largest absolute Gasteiger partial charge is 0.466 e. The fourth-order valence-electron chi connectivity index (χ4n) is 0.547. The molecule has 0 spiro atoms. The highest BCUT2D eigenvalue weighted by Crippen LogP contribution is 1.93. The van der Waals surface area contributed by atoms with Crippen LogP contribution >= 0.6 is 12.2 Å². The first-order valence-corrected chi connectivity index (χ1v) is 4.24. The average molecular weight is 203 g/mol. The first-order valence-electron chi connectivity index (χ1n) is 3.83. The molecule has 0 aliphatic rings. The maximum Gasteiger partial charge on any atom is 0.314 e. The second kappa shape index (κ2) is 6.36. The summed E-state index contributed by atoms with van der Waals surface area (Å²) in [6.45, 7) is 3.78. The van der Waals surface area contributed by atoms with Crippen molar-refractivity contribution >= 4 is 29.5 Å². The quantitative estimate of drug-likeness (QED) is 0.291. The molecule has 0 aromatic rings. The molecule has 13 heavy (non-hydrogen) atoms.